The largest absolute Gasteiger partial charge is 0.507 e. The number of para-hydroxylation sites is 1. The van der Waals surface area contributed by atoms with Crippen LogP contribution in [0.25, 0.3) is 17.1 Å². The van der Waals surface area contributed by atoms with Crippen LogP contribution in [0, 0.1) is 11.7 Å². The quantitative estimate of drug-likeness (QED) is 0.719. The predicted octanol–water partition coefficient (Wildman–Crippen LogP) is 4.49. The lowest BCUT2D eigenvalue weighted by Gasteiger charge is -2.08. The highest BCUT2D eigenvalue weighted by molar-refractivity contribution is 7.71. The molecular formula is C18H19N3OS. The van der Waals surface area contributed by atoms with E-state index in [0.717, 1.165) is 18.7 Å². The molecule has 0 aliphatic rings. The average molecular weight is 325 g/mol. The number of aromatic nitrogens is 3. The van der Waals surface area contributed by atoms with E-state index in [4.69, 9.17) is 12.2 Å². The van der Waals surface area contributed by atoms with E-state index in [1.807, 2.05) is 52.6 Å². The molecule has 1 aromatic heterocycles. The first kappa shape index (κ1) is 15.5. The number of aromatic hydroxyl groups is 1. The molecule has 23 heavy (non-hydrogen) atoms. The molecule has 0 amide bonds. The van der Waals surface area contributed by atoms with Gasteiger partial charge in [-0.1, -0.05) is 36.8 Å². The Morgan fingerprint density at radius 1 is 1.09 bits per heavy atom. The summed E-state index contributed by atoms with van der Waals surface area (Å²) in [5, 5.41) is 14.9. The topological polar surface area (TPSA) is 43.0 Å². The summed E-state index contributed by atoms with van der Waals surface area (Å²) in [6, 6.07) is 15.3. The first-order valence-corrected chi connectivity index (χ1v) is 8.08. The van der Waals surface area contributed by atoms with Gasteiger partial charge in [0.05, 0.1) is 5.56 Å². The van der Waals surface area contributed by atoms with Crippen molar-refractivity contribution in [2.75, 3.05) is 0 Å². The Kier molecular flexibility index (Phi) is 4.30. The number of aryl methyl sites for hydroxylation is 2. The maximum absolute atomic E-state index is 10.2. The van der Waals surface area contributed by atoms with Crippen molar-refractivity contribution < 1.29 is 5.11 Å². The van der Waals surface area contributed by atoms with Gasteiger partial charge in [-0.2, -0.15) is 5.10 Å². The zero-order valence-corrected chi connectivity index (χ0v) is 14.0. The van der Waals surface area contributed by atoms with E-state index < -0.39 is 0 Å². The van der Waals surface area contributed by atoms with Gasteiger partial charge in [-0.05, 0) is 49.8 Å². The standard InChI is InChI=1S/C18H19N3OS/c1-3-12-20-18(23)21(14-10-8-13(2)9-11-14)17(19-20)15-6-4-5-7-16(15)22/h4-11,22H,3,12H2,1-2H3. The van der Waals surface area contributed by atoms with Crippen LogP contribution in [0.3, 0.4) is 0 Å². The molecule has 0 unspecified atom stereocenters. The molecular weight excluding hydrogens is 306 g/mol. The summed E-state index contributed by atoms with van der Waals surface area (Å²) in [5.41, 5.74) is 2.81. The van der Waals surface area contributed by atoms with Crippen LogP contribution in [0.15, 0.2) is 48.5 Å². The van der Waals surface area contributed by atoms with Gasteiger partial charge < -0.3 is 5.11 Å². The maximum Gasteiger partial charge on any atom is 0.202 e. The third kappa shape index (κ3) is 2.92. The Bertz CT molecular complexity index is 878. The number of hydrogen-bond acceptors (Lipinski definition) is 3. The van der Waals surface area contributed by atoms with Crippen LogP contribution in [0.1, 0.15) is 18.9 Å². The van der Waals surface area contributed by atoms with Gasteiger partial charge >= 0.3 is 0 Å². The Morgan fingerprint density at radius 2 is 1.78 bits per heavy atom. The number of nitrogens with zero attached hydrogens (tertiary/aromatic N) is 3. The molecule has 118 valence electrons. The number of benzene rings is 2. The van der Waals surface area contributed by atoms with Crippen LogP contribution < -0.4 is 0 Å². The van der Waals surface area contributed by atoms with Crippen molar-refractivity contribution in [2.45, 2.75) is 26.8 Å². The van der Waals surface area contributed by atoms with E-state index in [0.29, 0.717) is 16.2 Å². The van der Waals surface area contributed by atoms with E-state index in [1.54, 1.807) is 12.1 Å². The molecule has 1 N–H and O–H groups in total. The third-order valence-electron chi connectivity index (χ3n) is 3.71. The summed E-state index contributed by atoms with van der Waals surface area (Å²) in [6.45, 7) is 4.89. The Morgan fingerprint density at radius 3 is 2.43 bits per heavy atom. The molecule has 5 heteroatoms. The molecule has 0 aliphatic heterocycles. The number of rotatable bonds is 4. The molecule has 0 atom stereocenters. The Labute approximate surface area is 140 Å². The first-order chi connectivity index (χ1) is 11.1. The van der Waals surface area contributed by atoms with Crippen LogP contribution in [-0.2, 0) is 6.54 Å². The lowest BCUT2D eigenvalue weighted by molar-refractivity contribution is 0.476. The fraction of sp³-hybridized carbons (Fsp3) is 0.222. The summed E-state index contributed by atoms with van der Waals surface area (Å²) in [6.07, 6.45) is 0.944. The molecule has 0 aliphatic carbocycles. The molecule has 0 saturated heterocycles. The summed E-state index contributed by atoms with van der Waals surface area (Å²) < 4.78 is 4.37. The van der Waals surface area contributed by atoms with Crippen molar-refractivity contribution in [3.05, 3.63) is 58.9 Å². The minimum Gasteiger partial charge on any atom is -0.507 e. The Balaban J connectivity index is 2.26. The average Bonchev–Trinajstić information content (AvgIpc) is 2.86. The monoisotopic (exact) mass is 325 g/mol. The fourth-order valence-corrected chi connectivity index (χ4v) is 2.85. The molecule has 4 nitrogen and oxygen atoms in total. The molecule has 0 fully saturated rings. The zero-order valence-electron chi connectivity index (χ0n) is 13.2. The molecule has 0 saturated carbocycles. The zero-order chi connectivity index (χ0) is 16.4. The predicted molar refractivity (Wildman–Crippen MR) is 94.5 cm³/mol. The normalized spacial score (nSPS) is 10.9. The summed E-state index contributed by atoms with van der Waals surface area (Å²) >= 11 is 5.62. The minimum atomic E-state index is 0.199. The molecule has 2 aromatic carbocycles. The highest BCUT2D eigenvalue weighted by atomic mass is 32.1. The lowest BCUT2D eigenvalue weighted by Crippen LogP contribution is -2.00. The first-order valence-electron chi connectivity index (χ1n) is 7.67. The van der Waals surface area contributed by atoms with Crippen LogP contribution in [-0.4, -0.2) is 19.5 Å². The highest BCUT2D eigenvalue weighted by Gasteiger charge is 2.16. The van der Waals surface area contributed by atoms with Crippen LogP contribution >= 0.6 is 12.2 Å². The van der Waals surface area contributed by atoms with E-state index in [9.17, 15) is 5.11 Å². The van der Waals surface area contributed by atoms with E-state index in [1.165, 1.54) is 5.56 Å². The van der Waals surface area contributed by atoms with E-state index in [2.05, 4.69) is 12.0 Å². The number of hydrogen-bond donors (Lipinski definition) is 1. The van der Waals surface area contributed by atoms with Crippen LogP contribution in [0.5, 0.6) is 5.75 Å². The molecule has 0 bridgehead atoms. The van der Waals surface area contributed by atoms with Crippen LogP contribution in [0.2, 0.25) is 0 Å². The summed E-state index contributed by atoms with van der Waals surface area (Å²) in [7, 11) is 0. The van der Waals surface area contributed by atoms with Gasteiger partial charge in [0, 0.05) is 12.2 Å². The van der Waals surface area contributed by atoms with Crippen molar-refractivity contribution in [2.24, 2.45) is 0 Å². The Hall–Kier alpha value is -2.40. The van der Waals surface area contributed by atoms with Gasteiger partial charge in [-0.15, -0.1) is 0 Å². The van der Waals surface area contributed by atoms with Crippen molar-refractivity contribution in [1.29, 1.82) is 0 Å². The highest BCUT2D eigenvalue weighted by Crippen LogP contribution is 2.29. The SMILES string of the molecule is CCCn1nc(-c2ccccc2O)n(-c2ccc(C)cc2)c1=S. The lowest BCUT2D eigenvalue weighted by atomic mass is 10.1. The van der Waals surface area contributed by atoms with Gasteiger partial charge in [-0.3, -0.25) is 4.57 Å². The third-order valence-corrected chi connectivity index (χ3v) is 4.11. The molecule has 3 aromatic rings. The van der Waals surface area contributed by atoms with Gasteiger partial charge in [0.15, 0.2) is 5.82 Å². The van der Waals surface area contributed by atoms with Gasteiger partial charge in [0.25, 0.3) is 0 Å². The van der Waals surface area contributed by atoms with E-state index in [-0.39, 0.29) is 5.75 Å². The second-order valence-corrected chi connectivity index (χ2v) is 5.88. The fourth-order valence-electron chi connectivity index (χ4n) is 2.53. The molecule has 3 rings (SSSR count). The second-order valence-electron chi connectivity index (χ2n) is 5.52. The second kappa shape index (κ2) is 6.38. The summed E-state index contributed by atoms with van der Waals surface area (Å²) in [5.74, 6) is 0.856. The maximum atomic E-state index is 10.2. The number of phenolic OH excluding ortho intramolecular Hbond substituents is 1. The molecule has 0 radical (unpaired) electrons. The van der Waals surface area contributed by atoms with Gasteiger partial charge in [-0.25, -0.2) is 4.68 Å². The smallest absolute Gasteiger partial charge is 0.202 e. The van der Waals surface area contributed by atoms with E-state index >= 15 is 0 Å². The molecule has 0 spiro atoms. The summed E-state index contributed by atoms with van der Waals surface area (Å²) in [4.78, 5) is 0. The van der Waals surface area contributed by atoms with Crippen molar-refractivity contribution >= 4 is 12.2 Å². The minimum absolute atomic E-state index is 0.199. The van der Waals surface area contributed by atoms with Crippen molar-refractivity contribution in [3.63, 3.8) is 0 Å². The van der Waals surface area contributed by atoms with Gasteiger partial charge in [0.2, 0.25) is 4.77 Å². The van der Waals surface area contributed by atoms with Crippen molar-refractivity contribution in [1.82, 2.24) is 14.3 Å². The van der Waals surface area contributed by atoms with Crippen molar-refractivity contribution in [3.8, 4) is 22.8 Å². The van der Waals surface area contributed by atoms with Gasteiger partial charge in [0.1, 0.15) is 5.75 Å². The molecule has 1 heterocycles. The van der Waals surface area contributed by atoms with Crippen LogP contribution in [0.4, 0.5) is 0 Å². The number of phenols is 1.